The number of hydrogen-bond donors (Lipinski definition) is 2. The van der Waals surface area contributed by atoms with Gasteiger partial charge in [-0.2, -0.15) is 4.98 Å². The number of aromatic nitrogens is 2. The molecule has 1 amide bonds. The van der Waals surface area contributed by atoms with Gasteiger partial charge in [-0.15, -0.1) is 12.4 Å². The zero-order chi connectivity index (χ0) is 13.8. The van der Waals surface area contributed by atoms with Gasteiger partial charge < -0.3 is 15.6 Å². The van der Waals surface area contributed by atoms with E-state index in [1.54, 1.807) is 13.8 Å². The van der Waals surface area contributed by atoms with E-state index in [4.69, 9.17) is 10.3 Å². The van der Waals surface area contributed by atoms with Crippen LogP contribution < -0.4 is 11.1 Å². The van der Waals surface area contributed by atoms with Crippen molar-refractivity contribution in [1.29, 1.82) is 0 Å². The van der Waals surface area contributed by atoms with Crippen molar-refractivity contribution in [1.82, 2.24) is 15.5 Å². The molecule has 6 nitrogen and oxygen atoms in total. The predicted molar refractivity (Wildman–Crippen MR) is 77.2 cm³/mol. The lowest BCUT2D eigenvalue weighted by Gasteiger charge is -2.11. The van der Waals surface area contributed by atoms with Crippen molar-refractivity contribution in [3.63, 3.8) is 0 Å². The zero-order valence-electron chi connectivity index (χ0n) is 11.2. The molecule has 3 N–H and O–H groups in total. The minimum Gasteiger partial charge on any atom is -0.345 e. The van der Waals surface area contributed by atoms with Crippen molar-refractivity contribution < 1.29 is 9.32 Å². The van der Waals surface area contributed by atoms with Crippen LogP contribution in [0, 0.1) is 0 Å². The summed E-state index contributed by atoms with van der Waals surface area (Å²) in [5.41, 5.74) is 6.32. The molecule has 0 spiro atoms. The van der Waals surface area contributed by atoms with E-state index in [0.717, 1.165) is 5.56 Å². The lowest BCUT2D eigenvalue weighted by Crippen LogP contribution is -2.39. The number of carbonyl (C=O) groups excluding carboxylic acids is 1. The number of halogens is 1. The Bertz CT molecular complexity index is 557. The van der Waals surface area contributed by atoms with E-state index in [0.29, 0.717) is 11.7 Å². The Kier molecular flexibility index (Phi) is 5.66. The van der Waals surface area contributed by atoms with Crippen molar-refractivity contribution in [2.45, 2.75) is 25.9 Å². The Morgan fingerprint density at radius 1 is 1.30 bits per heavy atom. The van der Waals surface area contributed by atoms with Gasteiger partial charge in [0.1, 0.15) is 0 Å². The topological polar surface area (TPSA) is 94.0 Å². The van der Waals surface area contributed by atoms with Gasteiger partial charge in [0, 0.05) is 5.56 Å². The van der Waals surface area contributed by atoms with E-state index in [1.807, 2.05) is 30.3 Å². The molecular formula is C13H17ClN4O2. The highest BCUT2D eigenvalue weighted by Gasteiger charge is 2.18. The number of nitrogens with zero attached hydrogens (tertiary/aromatic N) is 2. The normalized spacial score (nSPS) is 13.2. The Morgan fingerprint density at radius 2 is 1.95 bits per heavy atom. The lowest BCUT2D eigenvalue weighted by atomic mass is 10.2. The second-order valence-corrected chi connectivity index (χ2v) is 4.34. The fourth-order valence-electron chi connectivity index (χ4n) is 1.52. The second kappa shape index (κ2) is 7.02. The van der Waals surface area contributed by atoms with E-state index in [9.17, 15) is 4.79 Å². The van der Waals surface area contributed by atoms with Gasteiger partial charge in [-0.25, -0.2) is 0 Å². The lowest BCUT2D eigenvalue weighted by molar-refractivity contribution is -0.122. The summed E-state index contributed by atoms with van der Waals surface area (Å²) in [6.07, 6.45) is 0. The Labute approximate surface area is 123 Å². The maximum Gasteiger partial charge on any atom is 0.257 e. The fourth-order valence-corrected chi connectivity index (χ4v) is 1.52. The van der Waals surface area contributed by atoms with Gasteiger partial charge in [0.25, 0.3) is 5.89 Å². The van der Waals surface area contributed by atoms with Gasteiger partial charge in [-0.05, 0) is 26.0 Å². The minimum atomic E-state index is -0.567. The molecule has 1 unspecified atom stereocenters. The van der Waals surface area contributed by atoms with Crippen LogP contribution in [0.3, 0.4) is 0 Å². The molecule has 1 aromatic heterocycles. The van der Waals surface area contributed by atoms with Gasteiger partial charge >= 0.3 is 0 Å². The molecule has 0 aliphatic rings. The standard InChI is InChI=1S/C13H16N4O2.ClH/c1-8(14)12(18)15-9(2)11-16-13(19-17-11)10-6-4-3-5-7-10;/h3-9H,14H2,1-2H3,(H,15,18);1H/t8-,9?;/m1./s1. The number of rotatable bonds is 4. The molecule has 1 aromatic carbocycles. The van der Waals surface area contributed by atoms with Crippen LogP contribution in [0.25, 0.3) is 11.5 Å². The van der Waals surface area contributed by atoms with Crippen LogP contribution in [0.5, 0.6) is 0 Å². The Morgan fingerprint density at radius 3 is 2.55 bits per heavy atom. The summed E-state index contributed by atoms with van der Waals surface area (Å²) < 4.78 is 5.17. The molecule has 0 fully saturated rings. The van der Waals surface area contributed by atoms with E-state index >= 15 is 0 Å². The average Bonchev–Trinajstić information content (AvgIpc) is 2.89. The van der Waals surface area contributed by atoms with Crippen LogP contribution >= 0.6 is 12.4 Å². The van der Waals surface area contributed by atoms with Crippen molar-refractivity contribution >= 4 is 18.3 Å². The van der Waals surface area contributed by atoms with Gasteiger partial charge in [0.15, 0.2) is 5.82 Å². The molecule has 7 heteroatoms. The molecule has 0 saturated carbocycles. The molecule has 0 aliphatic heterocycles. The molecule has 0 radical (unpaired) electrons. The molecule has 0 saturated heterocycles. The molecule has 2 rings (SSSR count). The molecule has 0 aliphatic carbocycles. The molecule has 2 aromatic rings. The van der Waals surface area contributed by atoms with Crippen LogP contribution in [0.2, 0.25) is 0 Å². The monoisotopic (exact) mass is 296 g/mol. The number of benzene rings is 1. The number of nitrogens with one attached hydrogen (secondary N) is 1. The van der Waals surface area contributed by atoms with E-state index in [2.05, 4.69) is 15.5 Å². The average molecular weight is 297 g/mol. The molecule has 20 heavy (non-hydrogen) atoms. The summed E-state index contributed by atoms with van der Waals surface area (Å²) in [6.45, 7) is 3.40. The van der Waals surface area contributed by atoms with Crippen LogP contribution in [0.1, 0.15) is 25.7 Å². The minimum absolute atomic E-state index is 0. The molecule has 1 heterocycles. The van der Waals surface area contributed by atoms with Crippen LogP contribution in [-0.4, -0.2) is 22.1 Å². The van der Waals surface area contributed by atoms with Gasteiger partial charge in [-0.1, -0.05) is 23.4 Å². The molecule has 108 valence electrons. The van der Waals surface area contributed by atoms with Gasteiger partial charge in [0.05, 0.1) is 12.1 Å². The smallest absolute Gasteiger partial charge is 0.257 e. The van der Waals surface area contributed by atoms with E-state index in [-0.39, 0.29) is 24.4 Å². The van der Waals surface area contributed by atoms with Gasteiger partial charge in [-0.3, -0.25) is 4.79 Å². The number of nitrogens with two attached hydrogens (primary N) is 1. The van der Waals surface area contributed by atoms with Crippen LogP contribution in [-0.2, 0) is 4.79 Å². The quantitative estimate of drug-likeness (QED) is 0.895. The van der Waals surface area contributed by atoms with Crippen molar-refractivity contribution in [2.75, 3.05) is 0 Å². The number of hydrogen-bond acceptors (Lipinski definition) is 5. The third-order valence-electron chi connectivity index (χ3n) is 2.62. The maximum absolute atomic E-state index is 11.5. The van der Waals surface area contributed by atoms with Gasteiger partial charge in [0.2, 0.25) is 5.91 Å². The molecule has 2 atom stereocenters. The maximum atomic E-state index is 11.5. The van der Waals surface area contributed by atoms with Crippen molar-refractivity contribution in [3.05, 3.63) is 36.2 Å². The summed E-state index contributed by atoms with van der Waals surface area (Å²) in [7, 11) is 0. The highest BCUT2D eigenvalue weighted by atomic mass is 35.5. The summed E-state index contributed by atoms with van der Waals surface area (Å²) in [6, 6.07) is 8.53. The fraction of sp³-hybridized carbons (Fsp3) is 0.308. The van der Waals surface area contributed by atoms with Crippen LogP contribution in [0.4, 0.5) is 0 Å². The first kappa shape index (κ1) is 16.1. The molecule has 0 bridgehead atoms. The summed E-state index contributed by atoms with van der Waals surface area (Å²) in [5.74, 6) is 0.601. The summed E-state index contributed by atoms with van der Waals surface area (Å²) in [5, 5.41) is 6.57. The predicted octanol–water partition coefficient (Wildman–Crippen LogP) is 1.68. The highest BCUT2D eigenvalue weighted by molar-refractivity contribution is 5.85. The number of amides is 1. The molecular weight excluding hydrogens is 280 g/mol. The SMILES string of the molecule is CC(NC(=O)[C@@H](C)N)c1noc(-c2ccccc2)n1.Cl. The second-order valence-electron chi connectivity index (χ2n) is 4.34. The van der Waals surface area contributed by atoms with Crippen molar-refractivity contribution in [3.8, 4) is 11.5 Å². The Balaban J connectivity index is 0.00000200. The first-order chi connectivity index (χ1) is 9.08. The summed E-state index contributed by atoms with van der Waals surface area (Å²) in [4.78, 5) is 15.7. The van der Waals surface area contributed by atoms with Crippen LogP contribution in [0.15, 0.2) is 34.9 Å². The third-order valence-corrected chi connectivity index (χ3v) is 2.62. The van der Waals surface area contributed by atoms with E-state index < -0.39 is 6.04 Å². The highest BCUT2D eigenvalue weighted by Crippen LogP contribution is 2.18. The third kappa shape index (κ3) is 3.79. The largest absolute Gasteiger partial charge is 0.345 e. The zero-order valence-corrected chi connectivity index (χ0v) is 12.1. The first-order valence-electron chi connectivity index (χ1n) is 6.03. The first-order valence-corrected chi connectivity index (χ1v) is 6.03. The van der Waals surface area contributed by atoms with E-state index in [1.165, 1.54) is 0 Å². The summed E-state index contributed by atoms with van der Waals surface area (Å²) >= 11 is 0. The van der Waals surface area contributed by atoms with Crippen molar-refractivity contribution in [2.24, 2.45) is 5.73 Å². The number of carbonyl (C=O) groups is 1. The Hall–Kier alpha value is -1.92.